The van der Waals surface area contributed by atoms with Gasteiger partial charge in [0.15, 0.2) is 5.78 Å². The Morgan fingerprint density at radius 3 is 2.41 bits per heavy atom. The molecular weight excluding hydrogens is 473 g/mol. The summed E-state index contributed by atoms with van der Waals surface area (Å²) in [6.45, 7) is 4.16. The van der Waals surface area contributed by atoms with E-state index >= 15 is 0 Å². The maximum absolute atomic E-state index is 14.9. The molecule has 0 unspecified atom stereocenters. The van der Waals surface area contributed by atoms with Gasteiger partial charge in [-0.2, -0.15) is 0 Å². The van der Waals surface area contributed by atoms with Gasteiger partial charge in [-0.1, -0.05) is 35.8 Å². The number of rotatable bonds is 3. The quantitative estimate of drug-likeness (QED) is 0.348. The summed E-state index contributed by atoms with van der Waals surface area (Å²) in [5.41, 5.74) is 4.23. The summed E-state index contributed by atoms with van der Waals surface area (Å²) in [4.78, 5) is 17.2. The maximum atomic E-state index is 14.9. The number of aromatic nitrogens is 1. The van der Waals surface area contributed by atoms with Crippen LogP contribution >= 0.6 is 15.9 Å². The first-order valence-corrected chi connectivity index (χ1v) is 11.0. The van der Waals surface area contributed by atoms with Crippen molar-refractivity contribution in [2.75, 3.05) is 14.2 Å². The molecule has 4 aromatic rings. The van der Waals surface area contributed by atoms with Crippen molar-refractivity contribution in [3.63, 3.8) is 0 Å². The van der Waals surface area contributed by atoms with Crippen LogP contribution in [-0.2, 0) is 5.41 Å². The number of methoxy groups -OCH3 is 2. The minimum Gasteiger partial charge on any atom is -0.497 e. The SMILES string of the molecule is COc1ccc(-c2cc3c(cc2OC)C(C)(C)c2[nH]c4cc(Br)ccc4c2C3=O)c(F)c1. The molecule has 0 radical (unpaired) electrons. The van der Waals surface area contributed by atoms with Crippen LogP contribution in [0.25, 0.3) is 22.0 Å². The number of hydrogen-bond donors (Lipinski definition) is 1. The topological polar surface area (TPSA) is 51.3 Å². The fraction of sp³-hybridized carbons (Fsp3) is 0.192. The molecule has 0 saturated heterocycles. The predicted molar refractivity (Wildman–Crippen MR) is 126 cm³/mol. The second kappa shape index (κ2) is 7.20. The number of ether oxygens (including phenoxy) is 2. The van der Waals surface area contributed by atoms with Crippen LogP contribution in [0.15, 0.2) is 53.0 Å². The number of hydrogen-bond acceptors (Lipinski definition) is 3. The second-order valence-corrected chi connectivity index (χ2v) is 9.38. The molecule has 1 aliphatic rings. The monoisotopic (exact) mass is 493 g/mol. The summed E-state index contributed by atoms with van der Waals surface area (Å²) in [5, 5.41) is 0.875. The van der Waals surface area contributed by atoms with Gasteiger partial charge in [-0.3, -0.25) is 4.79 Å². The predicted octanol–water partition coefficient (Wildman–Crippen LogP) is 6.62. The number of aromatic amines is 1. The highest BCUT2D eigenvalue weighted by molar-refractivity contribution is 9.10. The number of fused-ring (bicyclic) bond motifs is 4. The van der Waals surface area contributed by atoms with Crippen molar-refractivity contribution >= 4 is 32.6 Å². The Balaban J connectivity index is 1.78. The Labute approximate surface area is 193 Å². The molecule has 0 amide bonds. The summed E-state index contributed by atoms with van der Waals surface area (Å²) in [6.07, 6.45) is 0. The van der Waals surface area contributed by atoms with Crippen molar-refractivity contribution in [1.29, 1.82) is 0 Å². The lowest BCUT2D eigenvalue weighted by atomic mass is 9.70. The van der Waals surface area contributed by atoms with Gasteiger partial charge < -0.3 is 14.5 Å². The third kappa shape index (κ3) is 2.89. The minimum absolute atomic E-state index is 0.0827. The first-order chi connectivity index (χ1) is 15.3. The largest absolute Gasteiger partial charge is 0.497 e. The fourth-order valence-electron chi connectivity index (χ4n) is 4.65. The molecule has 6 heteroatoms. The Bertz CT molecular complexity index is 1420. The number of ketones is 1. The summed E-state index contributed by atoms with van der Waals surface area (Å²) in [5.74, 6) is 0.412. The van der Waals surface area contributed by atoms with Gasteiger partial charge in [0.05, 0.1) is 19.8 Å². The zero-order valence-electron chi connectivity index (χ0n) is 18.1. The van der Waals surface area contributed by atoms with E-state index in [0.717, 1.165) is 26.6 Å². The molecule has 3 aromatic carbocycles. The average Bonchev–Trinajstić information content (AvgIpc) is 3.16. The van der Waals surface area contributed by atoms with Crippen molar-refractivity contribution in [1.82, 2.24) is 4.98 Å². The van der Waals surface area contributed by atoms with E-state index in [-0.39, 0.29) is 5.78 Å². The highest BCUT2D eigenvalue weighted by atomic mass is 79.9. The van der Waals surface area contributed by atoms with Crippen LogP contribution in [0.2, 0.25) is 0 Å². The van der Waals surface area contributed by atoms with Crippen LogP contribution in [0.5, 0.6) is 11.5 Å². The van der Waals surface area contributed by atoms with E-state index < -0.39 is 11.2 Å². The van der Waals surface area contributed by atoms with Crippen LogP contribution in [0.1, 0.15) is 41.0 Å². The molecule has 5 rings (SSSR count). The first-order valence-electron chi connectivity index (χ1n) is 10.2. The Hall–Kier alpha value is -3.12. The van der Waals surface area contributed by atoms with Crippen LogP contribution in [0.4, 0.5) is 4.39 Å². The minimum atomic E-state index is -0.478. The van der Waals surface area contributed by atoms with Crippen LogP contribution in [0.3, 0.4) is 0 Å². The van der Waals surface area contributed by atoms with E-state index in [9.17, 15) is 9.18 Å². The molecule has 0 atom stereocenters. The van der Waals surface area contributed by atoms with Crippen molar-refractivity contribution in [3.8, 4) is 22.6 Å². The van der Waals surface area contributed by atoms with E-state index in [1.165, 1.54) is 13.2 Å². The molecule has 0 fully saturated rings. The number of nitrogens with one attached hydrogen (secondary N) is 1. The molecule has 1 aromatic heterocycles. The number of carbonyl (C=O) groups excluding carboxylic acids is 1. The van der Waals surface area contributed by atoms with E-state index in [4.69, 9.17) is 9.47 Å². The number of carbonyl (C=O) groups is 1. The molecule has 32 heavy (non-hydrogen) atoms. The highest BCUT2D eigenvalue weighted by Gasteiger charge is 2.40. The highest BCUT2D eigenvalue weighted by Crippen LogP contribution is 2.47. The molecule has 0 spiro atoms. The van der Waals surface area contributed by atoms with E-state index in [2.05, 4.69) is 34.8 Å². The standard InChI is InChI=1S/C26H21BrFNO3/c1-26(2)19-12-22(32-4)17(15-8-6-14(31-3)10-20(15)28)11-18(19)24(30)23-16-7-5-13(27)9-21(16)29-25(23)26/h5-12,29H,1-4H3. The molecule has 1 heterocycles. The zero-order chi connectivity index (χ0) is 22.8. The normalized spacial score (nSPS) is 14.2. The molecule has 0 bridgehead atoms. The Kier molecular flexibility index (Phi) is 4.67. The summed E-state index contributed by atoms with van der Waals surface area (Å²) >= 11 is 3.50. The molecule has 162 valence electrons. The Morgan fingerprint density at radius 2 is 1.72 bits per heavy atom. The first kappa shape index (κ1) is 20.8. The number of H-pyrrole nitrogens is 1. The van der Waals surface area contributed by atoms with E-state index in [1.807, 2.05) is 24.3 Å². The summed E-state index contributed by atoms with van der Waals surface area (Å²) < 4.78 is 26.6. The van der Waals surface area contributed by atoms with Crippen LogP contribution in [-0.4, -0.2) is 25.0 Å². The van der Waals surface area contributed by atoms with E-state index in [0.29, 0.717) is 33.8 Å². The van der Waals surface area contributed by atoms with Crippen molar-refractivity contribution in [3.05, 3.63) is 81.2 Å². The zero-order valence-corrected chi connectivity index (χ0v) is 19.7. The van der Waals surface area contributed by atoms with Gasteiger partial charge in [0.2, 0.25) is 0 Å². The lowest BCUT2D eigenvalue weighted by Gasteiger charge is -2.33. The van der Waals surface area contributed by atoms with Gasteiger partial charge in [0.1, 0.15) is 17.3 Å². The van der Waals surface area contributed by atoms with Crippen molar-refractivity contribution in [2.45, 2.75) is 19.3 Å². The third-order valence-corrected chi connectivity index (χ3v) is 6.83. The Morgan fingerprint density at radius 1 is 0.938 bits per heavy atom. The summed E-state index contributed by atoms with van der Waals surface area (Å²) in [7, 11) is 3.04. The van der Waals surface area contributed by atoms with Crippen molar-refractivity contribution < 1.29 is 18.7 Å². The lowest BCUT2D eigenvalue weighted by Crippen LogP contribution is -2.30. The number of halogens is 2. The average molecular weight is 494 g/mol. The van der Waals surface area contributed by atoms with Gasteiger partial charge in [-0.15, -0.1) is 0 Å². The number of benzene rings is 3. The van der Waals surface area contributed by atoms with Crippen molar-refractivity contribution in [2.24, 2.45) is 0 Å². The maximum Gasteiger partial charge on any atom is 0.195 e. The molecule has 4 nitrogen and oxygen atoms in total. The molecule has 0 aliphatic heterocycles. The molecule has 0 saturated carbocycles. The van der Waals surface area contributed by atoms with Gasteiger partial charge in [-0.05, 0) is 42.0 Å². The molecule has 1 aliphatic carbocycles. The third-order valence-electron chi connectivity index (χ3n) is 6.34. The molecular formula is C26H21BrFNO3. The van der Waals surface area contributed by atoms with Crippen LogP contribution < -0.4 is 9.47 Å². The van der Waals surface area contributed by atoms with Gasteiger partial charge >= 0.3 is 0 Å². The van der Waals surface area contributed by atoms with E-state index in [1.54, 1.807) is 25.3 Å². The van der Waals surface area contributed by atoms with Gasteiger partial charge in [-0.25, -0.2) is 4.39 Å². The second-order valence-electron chi connectivity index (χ2n) is 8.46. The van der Waals surface area contributed by atoms with Gasteiger partial charge in [0.25, 0.3) is 0 Å². The summed E-state index contributed by atoms with van der Waals surface area (Å²) in [6, 6.07) is 14.1. The smallest absolute Gasteiger partial charge is 0.195 e. The van der Waals surface area contributed by atoms with Crippen LogP contribution in [0, 0.1) is 5.82 Å². The lowest BCUT2D eigenvalue weighted by molar-refractivity contribution is 0.103. The van der Waals surface area contributed by atoms with Gasteiger partial charge in [0, 0.05) is 49.2 Å². The fourth-order valence-corrected chi connectivity index (χ4v) is 5.01. The molecule has 1 N–H and O–H groups in total.